The number of ether oxygens (including phenoxy) is 1. The van der Waals surface area contributed by atoms with Gasteiger partial charge in [0.1, 0.15) is 5.54 Å². The fourth-order valence-corrected chi connectivity index (χ4v) is 5.32. The Bertz CT molecular complexity index is 986. The first kappa shape index (κ1) is 26.0. The molecule has 0 unspecified atom stereocenters. The molecule has 0 radical (unpaired) electrons. The number of benzene rings is 2. The van der Waals surface area contributed by atoms with Crippen LogP contribution < -0.4 is 10.6 Å². The van der Waals surface area contributed by atoms with Crippen molar-refractivity contribution in [2.75, 3.05) is 6.61 Å². The largest absolute Gasteiger partial charge is 0.464 e. The Morgan fingerprint density at radius 1 is 0.912 bits per heavy atom. The second-order valence-corrected chi connectivity index (χ2v) is 12.0. The second-order valence-electron chi connectivity index (χ2n) is 12.0. The Morgan fingerprint density at radius 3 is 2.00 bits per heavy atom. The zero-order chi connectivity index (χ0) is 25.2. The van der Waals surface area contributed by atoms with Gasteiger partial charge in [-0.25, -0.2) is 4.79 Å². The van der Waals surface area contributed by atoms with Gasteiger partial charge in [-0.05, 0) is 69.2 Å². The van der Waals surface area contributed by atoms with Gasteiger partial charge >= 0.3 is 5.97 Å². The van der Waals surface area contributed by atoms with Gasteiger partial charge in [0.2, 0.25) is 0 Å². The average Bonchev–Trinajstić information content (AvgIpc) is 2.71. The van der Waals surface area contributed by atoms with Gasteiger partial charge in [0, 0.05) is 23.1 Å². The van der Waals surface area contributed by atoms with E-state index in [0.717, 1.165) is 11.1 Å². The number of carbonyl (C=O) groups is 2. The summed E-state index contributed by atoms with van der Waals surface area (Å²) < 4.78 is 5.79. The van der Waals surface area contributed by atoms with Gasteiger partial charge in [-0.15, -0.1) is 0 Å². The van der Waals surface area contributed by atoms with Crippen LogP contribution in [-0.4, -0.2) is 35.1 Å². The summed E-state index contributed by atoms with van der Waals surface area (Å²) in [7, 11) is 0. The molecule has 0 spiro atoms. The van der Waals surface area contributed by atoms with E-state index in [1.165, 1.54) is 0 Å². The summed E-state index contributed by atoms with van der Waals surface area (Å²) in [6, 6.07) is 17.6. The molecule has 0 bridgehead atoms. The topological polar surface area (TPSA) is 67.4 Å². The molecule has 2 N–H and O–H groups in total. The molecule has 5 nitrogen and oxygen atoms in total. The van der Waals surface area contributed by atoms with Crippen LogP contribution in [0.1, 0.15) is 82.8 Å². The first-order valence-corrected chi connectivity index (χ1v) is 12.2. The van der Waals surface area contributed by atoms with Crippen molar-refractivity contribution in [2.24, 2.45) is 0 Å². The van der Waals surface area contributed by atoms with E-state index in [1.54, 1.807) is 0 Å². The molecule has 1 aliphatic rings. The summed E-state index contributed by atoms with van der Waals surface area (Å²) in [6.07, 6.45) is 1.52. The Balaban J connectivity index is 1.83. The maximum Gasteiger partial charge on any atom is 0.332 e. The zero-order valence-electron chi connectivity index (χ0n) is 21.7. The third-order valence-electron chi connectivity index (χ3n) is 6.39. The van der Waals surface area contributed by atoms with E-state index in [9.17, 15) is 9.59 Å². The maximum absolute atomic E-state index is 13.6. The first-order chi connectivity index (χ1) is 15.7. The van der Waals surface area contributed by atoms with Crippen molar-refractivity contribution < 1.29 is 14.3 Å². The first-order valence-electron chi connectivity index (χ1n) is 12.2. The molecule has 2 aromatic carbocycles. The van der Waals surface area contributed by atoms with E-state index in [2.05, 4.69) is 59.1 Å². The molecule has 2 aromatic rings. The summed E-state index contributed by atoms with van der Waals surface area (Å²) in [4.78, 5) is 26.9. The number of piperidine rings is 1. The summed E-state index contributed by atoms with van der Waals surface area (Å²) >= 11 is 0. The van der Waals surface area contributed by atoms with E-state index < -0.39 is 5.54 Å². The quantitative estimate of drug-likeness (QED) is 0.578. The molecule has 0 saturated carbocycles. The van der Waals surface area contributed by atoms with Crippen LogP contribution in [0.2, 0.25) is 0 Å². The average molecular weight is 465 g/mol. The highest BCUT2D eigenvalue weighted by molar-refractivity contribution is 5.98. The molecule has 0 aromatic heterocycles. The lowest BCUT2D eigenvalue weighted by Crippen LogP contribution is -2.71. The molecular formula is C29H40N2O3. The van der Waals surface area contributed by atoms with Crippen LogP contribution in [0.25, 0.3) is 0 Å². The van der Waals surface area contributed by atoms with Gasteiger partial charge in [0.25, 0.3) is 5.91 Å². The number of nitrogens with one attached hydrogen (secondary N) is 2. The maximum atomic E-state index is 13.6. The molecule has 5 heteroatoms. The smallest absolute Gasteiger partial charge is 0.332 e. The van der Waals surface area contributed by atoms with Crippen molar-refractivity contribution in [3.63, 3.8) is 0 Å². The molecule has 184 valence electrons. The number of hydrogen-bond acceptors (Lipinski definition) is 4. The van der Waals surface area contributed by atoms with Gasteiger partial charge in [0.15, 0.2) is 0 Å². The van der Waals surface area contributed by atoms with Crippen LogP contribution in [-0.2, 0) is 21.4 Å². The van der Waals surface area contributed by atoms with Crippen LogP contribution in [0.3, 0.4) is 0 Å². The van der Waals surface area contributed by atoms with Gasteiger partial charge in [-0.2, -0.15) is 0 Å². The number of carbonyl (C=O) groups excluding carboxylic acids is 2. The number of esters is 1. The van der Waals surface area contributed by atoms with E-state index in [4.69, 9.17) is 4.74 Å². The van der Waals surface area contributed by atoms with E-state index in [-0.39, 0.29) is 35.0 Å². The van der Waals surface area contributed by atoms with Gasteiger partial charge < -0.3 is 15.4 Å². The van der Waals surface area contributed by atoms with E-state index >= 15 is 0 Å². The second kappa shape index (κ2) is 9.53. The van der Waals surface area contributed by atoms with Crippen LogP contribution in [0.4, 0.5) is 0 Å². The summed E-state index contributed by atoms with van der Waals surface area (Å²) in [6.45, 7) is 14.9. The zero-order valence-corrected chi connectivity index (χ0v) is 21.7. The Kier molecular flexibility index (Phi) is 7.28. The predicted octanol–water partition coefficient (Wildman–Crippen LogP) is 5.18. The molecule has 1 amide bonds. The lowest BCUT2D eigenvalue weighted by atomic mass is 9.70. The summed E-state index contributed by atoms with van der Waals surface area (Å²) in [5, 5.41) is 6.71. The summed E-state index contributed by atoms with van der Waals surface area (Å²) in [5.41, 5.74) is 0.976. The molecule has 1 fully saturated rings. The summed E-state index contributed by atoms with van der Waals surface area (Å²) in [5.74, 6) is -0.625. The Hall–Kier alpha value is -2.66. The van der Waals surface area contributed by atoms with E-state index in [0.29, 0.717) is 24.8 Å². The molecular weight excluding hydrogens is 424 g/mol. The van der Waals surface area contributed by atoms with Crippen molar-refractivity contribution in [1.29, 1.82) is 0 Å². The fraction of sp³-hybridized carbons (Fsp3) is 0.517. The molecule has 0 aliphatic carbocycles. The molecule has 1 aliphatic heterocycles. The van der Waals surface area contributed by atoms with Crippen molar-refractivity contribution in [1.82, 2.24) is 10.6 Å². The minimum atomic E-state index is -1.12. The Labute approximate surface area is 204 Å². The van der Waals surface area contributed by atoms with Gasteiger partial charge in [0.05, 0.1) is 6.61 Å². The minimum absolute atomic E-state index is 0.00186. The lowest BCUT2D eigenvalue weighted by molar-refractivity contribution is -0.155. The van der Waals surface area contributed by atoms with Crippen molar-refractivity contribution in [3.8, 4) is 0 Å². The number of hydrogen-bond donors (Lipinski definition) is 2. The number of rotatable bonds is 6. The molecule has 0 atom stereocenters. The standard InChI is InChI=1S/C29H40N2O3/c1-26(2,3)23-15-13-22(14-16-23)24(32)30-29(19-27(4,5)31-28(6,7)20-29)25(33)34-18-17-21-11-9-8-10-12-21/h8-16,31H,17-20H2,1-7H3,(H,30,32). The van der Waals surface area contributed by atoms with Crippen LogP contribution in [0.5, 0.6) is 0 Å². The normalized spacial score (nSPS) is 18.7. The highest BCUT2D eigenvalue weighted by Crippen LogP contribution is 2.37. The molecule has 34 heavy (non-hydrogen) atoms. The van der Waals surface area contributed by atoms with Crippen LogP contribution >= 0.6 is 0 Å². The van der Waals surface area contributed by atoms with Crippen LogP contribution in [0, 0.1) is 0 Å². The lowest BCUT2D eigenvalue weighted by Gasteiger charge is -2.51. The Morgan fingerprint density at radius 2 is 1.47 bits per heavy atom. The van der Waals surface area contributed by atoms with Gasteiger partial charge in [-0.1, -0.05) is 63.2 Å². The predicted molar refractivity (Wildman–Crippen MR) is 137 cm³/mol. The van der Waals surface area contributed by atoms with Crippen molar-refractivity contribution in [2.45, 2.75) is 89.8 Å². The monoisotopic (exact) mass is 464 g/mol. The van der Waals surface area contributed by atoms with Crippen molar-refractivity contribution >= 4 is 11.9 Å². The van der Waals surface area contributed by atoms with Gasteiger partial charge in [-0.3, -0.25) is 4.79 Å². The van der Waals surface area contributed by atoms with Crippen molar-refractivity contribution in [3.05, 3.63) is 71.3 Å². The SMILES string of the molecule is CC1(C)CC(NC(=O)c2ccc(C(C)(C)C)cc2)(C(=O)OCCc2ccccc2)CC(C)(C)N1. The fourth-order valence-electron chi connectivity index (χ4n) is 5.32. The highest BCUT2D eigenvalue weighted by atomic mass is 16.5. The molecule has 1 saturated heterocycles. The van der Waals surface area contributed by atoms with E-state index in [1.807, 2.05) is 54.6 Å². The third-order valence-corrected chi connectivity index (χ3v) is 6.39. The minimum Gasteiger partial charge on any atom is -0.464 e. The molecule has 1 heterocycles. The number of amides is 1. The molecule has 3 rings (SSSR count). The van der Waals surface area contributed by atoms with Crippen LogP contribution in [0.15, 0.2) is 54.6 Å². The third kappa shape index (κ3) is 6.47. The highest BCUT2D eigenvalue weighted by Gasteiger charge is 2.53.